The summed E-state index contributed by atoms with van der Waals surface area (Å²) in [6.45, 7) is 4.17. The van der Waals surface area contributed by atoms with Crippen LogP contribution in [-0.4, -0.2) is 30.4 Å². The third kappa shape index (κ3) is 4.08. The predicted octanol–water partition coefficient (Wildman–Crippen LogP) is 2.92. The van der Waals surface area contributed by atoms with Crippen LogP contribution in [0.25, 0.3) is 0 Å². The van der Waals surface area contributed by atoms with Crippen molar-refractivity contribution in [2.45, 2.75) is 20.0 Å². The van der Waals surface area contributed by atoms with Crippen LogP contribution in [-0.2, 0) is 0 Å². The van der Waals surface area contributed by atoms with E-state index in [1.165, 1.54) is 13.1 Å². The Kier molecular flexibility index (Phi) is 5.87. The zero-order chi connectivity index (χ0) is 17.7. The van der Waals surface area contributed by atoms with Crippen molar-refractivity contribution >= 4 is 23.4 Å². The number of hydrogen-bond donors (Lipinski definition) is 3. The molecule has 24 heavy (non-hydrogen) atoms. The van der Waals surface area contributed by atoms with E-state index >= 15 is 0 Å². The summed E-state index contributed by atoms with van der Waals surface area (Å²) in [5.41, 5.74) is 1.39. The number of H-pyrrole nitrogens is 1. The highest BCUT2D eigenvalue weighted by Crippen LogP contribution is 2.27. The summed E-state index contributed by atoms with van der Waals surface area (Å²) in [5.74, 6) is -0.335. The zero-order valence-corrected chi connectivity index (χ0v) is 14.5. The molecule has 0 saturated carbocycles. The molecule has 0 spiro atoms. The zero-order valence-electron chi connectivity index (χ0n) is 13.8. The highest BCUT2D eigenvalue weighted by atomic mass is 35.5. The van der Waals surface area contributed by atoms with Gasteiger partial charge in [0.25, 0.3) is 11.8 Å². The van der Waals surface area contributed by atoms with Gasteiger partial charge in [-0.05, 0) is 31.5 Å². The maximum absolute atomic E-state index is 12.0. The quantitative estimate of drug-likeness (QED) is 0.749. The molecule has 2 amide bonds. The predicted molar refractivity (Wildman–Crippen MR) is 92.7 cm³/mol. The molecule has 0 aliphatic rings. The third-order valence-corrected chi connectivity index (χ3v) is 3.71. The lowest BCUT2D eigenvalue weighted by Crippen LogP contribution is -2.23. The Labute approximate surface area is 145 Å². The van der Waals surface area contributed by atoms with Crippen LogP contribution in [0.2, 0.25) is 5.02 Å². The summed E-state index contributed by atoms with van der Waals surface area (Å²) in [4.78, 5) is 26.8. The van der Waals surface area contributed by atoms with E-state index in [1.807, 2.05) is 26.0 Å². The number of hydrogen-bond acceptors (Lipinski definition) is 3. The molecule has 128 valence electrons. The Morgan fingerprint density at radius 3 is 2.50 bits per heavy atom. The maximum atomic E-state index is 12.0. The van der Waals surface area contributed by atoms with Crippen LogP contribution < -0.4 is 15.4 Å². The number of benzene rings is 1. The summed E-state index contributed by atoms with van der Waals surface area (Å²) in [6, 6.07) is 8.77. The number of carbonyl (C=O) groups is 2. The van der Waals surface area contributed by atoms with E-state index in [4.69, 9.17) is 16.3 Å². The molecule has 1 atom stereocenters. The summed E-state index contributed by atoms with van der Waals surface area (Å²) >= 11 is 5.89. The minimum Gasteiger partial charge on any atom is -0.484 e. The lowest BCUT2D eigenvalue weighted by atomic mass is 10.1. The minimum absolute atomic E-state index is 0.208. The molecule has 1 aromatic heterocycles. The average molecular weight is 350 g/mol. The number of aromatic nitrogens is 1. The van der Waals surface area contributed by atoms with E-state index in [-0.39, 0.29) is 29.3 Å². The SMILES string of the molecule is CCNC(=O)c1cc(O[C@@H](C)c2ccc(Cl)cc2)c(C(=O)NC)[nH]1. The van der Waals surface area contributed by atoms with Crippen molar-refractivity contribution in [3.63, 3.8) is 0 Å². The van der Waals surface area contributed by atoms with Gasteiger partial charge in [-0.1, -0.05) is 23.7 Å². The highest BCUT2D eigenvalue weighted by Gasteiger charge is 2.21. The van der Waals surface area contributed by atoms with E-state index in [1.54, 1.807) is 12.1 Å². The Bertz CT molecular complexity index is 725. The molecule has 0 saturated heterocycles. The number of amides is 2. The normalized spacial score (nSPS) is 11.7. The minimum atomic E-state index is -0.358. The molecule has 1 heterocycles. The fourth-order valence-corrected chi connectivity index (χ4v) is 2.32. The molecular formula is C17H20ClN3O3. The van der Waals surface area contributed by atoms with Crippen molar-refractivity contribution in [2.75, 3.05) is 13.6 Å². The lowest BCUT2D eigenvalue weighted by molar-refractivity contribution is 0.0951. The van der Waals surface area contributed by atoms with Crippen LogP contribution >= 0.6 is 11.6 Å². The molecule has 0 radical (unpaired) electrons. The summed E-state index contributed by atoms with van der Waals surface area (Å²) < 4.78 is 5.89. The third-order valence-electron chi connectivity index (χ3n) is 3.46. The van der Waals surface area contributed by atoms with Gasteiger partial charge >= 0.3 is 0 Å². The monoisotopic (exact) mass is 349 g/mol. The van der Waals surface area contributed by atoms with Crippen LogP contribution in [0.15, 0.2) is 30.3 Å². The molecular weight excluding hydrogens is 330 g/mol. The van der Waals surface area contributed by atoms with Gasteiger partial charge in [0, 0.05) is 24.7 Å². The van der Waals surface area contributed by atoms with Crippen molar-refractivity contribution in [3.05, 3.63) is 52.3 Å². The molecule has 7 heteroatoms. The number of ether oxygens (including phenoxy) is 1. The van der Waals surface area contributed by atoms with Crippen LogP contribution in [0.1, 0.15) is 46.5 Å². The topological polar surface area (TPSA) is 83.2 Å². The molecule has 0 fully saturated rings. The molecule has 3 N–H and O–H groups in total. The first kappa shape index (κ1) is 17.9. The van der Waals surface area contributed by atoms with Crippen LogP contribution in [0.4, 0.5) is 0 Å². The van der Waals surface area contributed by atoms with E-state index in [0.29, 0.717) is 17.3 Å². The molecule has 0 unspecified atom stereocenters. The molecule has 0 bridgehead atoms. The largest absolute Gasteiger partial charge is 0.484 e. The van der Waals surface area contributed by atoms with Gasteiger partial charge in [-0.15, -0.1) is 0 Å². The van der Waals surface area contributed by atoms with Crippen molar-refractivity contribution in [3.8, 4) is 5.75 Å². The van der Waals surface area contributed by atoms with Gasteiger partial charge in [0.2, 0.25) is 0 Å². The van der Waals surface area contributed by atoms with Gasteiger partial charge in [-0.3, -0.25) is 9.59 Å². The highest BCUT2D eigenvalue weighted by molar-refractivity contribution is 6.30. The van der Waals surface area contributed by atoms with Gasteiger partial charge in [0.05, 0.1) is 0 Å². The van der Waals surface area contributed by atoms with Gasteiger partial charge in [-0.25, -0.2) is 0 Å². The Hall–Kier alpha value is -2.47. The summed E-state index contributed by atoms with van der Waals surface area (Å²) in [6.07, 6.45) is -0.316. The summed E-state index contributed by atoms with van der Waals surface area (Å²) in [5, 5.41) is 5.84. The van der Waals surface area contributed by atoms with Gasteiger partial charge < -0.3 is 20.4 Å². The second-order valence-corrected chi connectivity index (χ2v) is 5.61. The van der Waals surface area contributed by atoms with E-state index in [2.05, 4.69) is 15.6 Å². The van der Waals surface area contributed by atoms with Crippen molar-refractivity contribution in [1.29, 1.82) is 0 Å². The Morgan fingerprint density at radius 1 is 1.25 bits per heavy atom. The van der Waals surface area contributed by atoms with Gasteiger partial charge in [0.15, 0.2) is 5.75 Å². The average Bonchev–Trinajstić information content (AvgIpc) is 2.99. The van der Waals surface area contributed by atoms with E-state index in [0.717, 1.165) is 5.56 Å². The van der Waals surface area contributed by atoms with Crippen LogP contribution in [0.3, 0.4) is 0 Å². The molecule has 2 rings (SSSR count). The van der Waals surface area contributed by atoms with Crippen LogP contribution in [0, 0.1) is 0 Å². The van der Waals surface area contributed by atoms with E-state index in [9.17, 15) is 9.59 Å². The van der Waals surface area contributed by atoms with Crippen molar-refractivity contribution in [1.82, 2.24) is 15.6 Å². The first-order valence-corrected chi connectivity index (χ1v) is 7.99. The number of halogens is 1. The molecule has 0 aliphatic carbocycles. The van der Waals surface area contributed by atoms with Crippen molar-refractivity contribution in [2.24, 2.45) is 0 Å². The fourth-order valence-electron chi connectivity index (χ4n) is 2.19. The number of carbonyl (C=O) groups excluding carboxylic acids is 2. The smallest absolute Gasteiger partial charge is 0.271 e. The maximum Gasteiger partial charge on any atom is 0.271 e. The number of nitrogens with one attached hydrogen (secondary N) is 3. The molecule has 1 aromatic carbocycles. The van der Waals surface area contributed by atoms with Crippen molar-refractivity contribution < 1.29 is 14.3 Å². The Balaban J connectivity index is 2.28. The Morgan fingerprint density at radius 2 is 1.92 bits per heavy atom. The van der Waals surface area contributed by atoms with Gasteiger partial charge in [-0.2, -0.15) is 0 Å². The first-order valence-electron chi connectivity index (χ1n) is 7.61. The summed E-state index contributed by atoms with van der Waals surface area (Å²) in [7, 11) is 1.52. The second kappa shape index (κ2) is 7.88. The fraction of sp³-hybridized carbons (Fsp3) is 0.294. The molecule has 6 nitrogen and oxygen atoms in total. The standard InChI is InChI=1S/C17H20ClN3O3/c1-4-20-16(22)13-9-14(15(21-13)17(23)19-3)24-10(2)11-5-7-12(18)8-6-11/h5-10,21H,4H2,1-3H3,(H,19,23)(H,20,22)/t10-/m0/s1. The molecule has 2 aromatic rings. The number of aromatic amines is 1. The lowest BCUT2D eigenvalue weighted by Gasteiger charge is -2.15. The van der Waals surface area contributed by atoms with E-state index < -0.39 is 0 Å². The first-order chi connectivity index (χ1) is 11.5. The van der Waals surface area contributed by atoms with Gasteiger partial charge in [0.1, 0.15) is 17.5 Å². The molecule has 0 aliphatic heterocycles. The van der Waals surface area contributed by atoms with Crippen LogP contribution in [0.5, 0.6) is 5.75 Å². The second-order valence-electron chi connectivity index (χ2n) is 5.17. The number of rotatable bonds is 6.